The number of nitrogens with zero attached hydrogens (tertiary/aromatic N) is 4. The molecular formula is C12H19N5. The Balaban J connectivity index is 1.77. The first-order valence-corrected chi connectivity index (χ1v) is 6.37. The van der Waals surface area contributed by atoms with Crippen molar-refractivity contribution in [2.75, 3.05) is 13.1 Å². The summed E-state index contributed by atoms with van der Waals surface area (Å²) in [4.78, 5) is 6.62. The van der Waals surface area contributed by atoms with Gasteiger partial charge in [0.1, 0.15) is 0 Å². The van der Waals surface area contributed by atoms with E-state index in [1.165, 1.54) is 18.4 Å². The van der Waals surface area contributed by atoms with Crippen LogP contribution in [-0.2, 0) is 6.54 Å². The molecule has 5 heteroatoms. The third-order valence-corrected chi connectivity index (χ3v) is 3.61. The molecule has 0 bridgehead atoms. The van der Waals surface area contributed by atoms with E-state index in [2.05, 4.69) is 28.1 Å². The minimum Gasteiger partial charge on any atom is -0.370 e. The monoisotopic (exact) mass is 233 g/mol. The summed E-state index contributed by atoms with van der Waals surface area (Å²) >= 11 is 0. The molecule has 1 atom stereocenters. The molecule has 0 spiro atoms. The minimum atomic E-state index is 0.302. The third kappa shape index (κ3) is 2.01. The van der Waals surface area contributed by atoms with Crippen LogP contribution in [0.25, 0.3) is 0 Å². The average Bonchev–Trinajstić information content (AvgIpc) is 2.89. The number of hydrogen-bond acceptors (Lipinski definition) is 4. The Bertz CT molecular complexity index is 432. The standard InChI is InChI=1S/C12H19N5/c1-2-16-8-10(5-15-16)11-6-14-12(13)17(11)7-9-3-4-9/h5,8-9,11H,2-4,6-7H2,1H3,(H2,13,14). The summed E-state index contributed by atoms with van der Waals surface area (Å²) in [7, 11) is 0. The molecular weight excluding hydrogens is 214 g/mol. The van der Waals surface area contributed by atoms with Gasteiger partial charge in [0.25, 0.3) is 0 Å². The zero-order valence-corrected chi connectivity index (χ0v) is 10.2. The molecule has 2 heterocycles. The van der Waals surface area contributed by atoms with Gasteiger partial charge in [-0.3, -0.25) is 9.67 Å². The normalized spacial score (nSPS) is 24.2. The van der Waals surface area contributed by atoms with Crippen LogP contribution < -0.4 is 5.73 Å². The number of rotatable bonds is 4. The van der Waals surface area contributed by atoms with Crippen LogP contribution in [0.5, 0.6) is 0 Å². The lowest BCUT2D eigenvalue weighted by molar-refractivity contribution is 0.333. The highest BCUT2D eigenvalue weighted by Crippen LogP contribution is 2.34. The maximum absolute atomic E-state index is 5.97. The summed E-state index contributed by atoms with van der Waals surface area (Å²) in [6.07, 6.45) is 6.73. The van der Waals surface area contributed by atoms with Crippen molar-refractivity contribution in [1.82, 2.24) is 14.7 Å². The minimum absolute atomic E-state index is 0.302. The summed E-state index contributed by atoms with van der Waals surface area (Å²) in [5.74, 6) is 1.52. The van der Waals surface area contributed by atoms with E-state index in [1.54, 1.807) is 0 Å². The predicted molar refractivity (Wildman–Crippen MR) is 66.6 cm³/mol. The van der Waals surface area contributed by atoms with E-state index in [4.69, 9.17) is 5.73 Å². The molecule has 1 aromatic heterocycles. The van der Waals surface area contributed by atoms with Crippen molar-refractivity contribution in [1.29, 1.82) is 0 Å². The van der Waals surface area contributed by atoms with Crippen LogP contribution >= 0.6 is 0 Å². The Kier molecular flexibility index (Phi) is 2.53. The van der Waals surface area contributed by atoms with E-state index >= 15 is 0 Å². The molecule has 5 nitrogen and oxygen atoms in total. The quantitative estimate of drug-likeness (QED) is 0.843. The Morgan fingerprint density at radius 3 is 2.94 bits per heavy atom. The van der Waals surface area contributed by atoms with Crippen molar-refractivity contribution in [3.63, 3.8) is 0 Å². The molecule has 1 fully saturated rings. The molecule has 0 aromatic carbocycles. The molecule has 17 heavy (non-hydrogen) atoms. The first-order chi connectivity index (χ1) is 8.28. The lowest BCUT2D eigenvalue weighted by Gasteiger charge is -2.25. The smallest absolute Gasteiger partial charge is 0.191 e. The van der Waals surface area contributed by atoms with Gasteiger partial charge in [-0.25, -0.2) is 0 Å². The molecule has 2 aliphatic rings. The number of aromatic nitrogens is 2. The fourth-order valence-electron chi connectivity index (χ4n) is 2.34. The fourth-order valence-corrected chi connectivity index (χ4v) is 2.34. The second-order valence-electron chi connectivity index (χ2n) is 4.94. The average molecular weight is 233 g/mol. The number of guanidine groups is 1. The van der Waals surface area contributed by atoms with Gasteiger partial charge in [-0.1, -0.05) is 0 Å². The number of aryl methyl sites for hydroxylation is 1. The molecule has 0 saturated heterocycles. The lowest BCUT2D eigenvalue weighted by atomic mass is 10.1. The van der Waals surface area contributed by atoms with Crippen molar-refractivity contribution in [3.8, 4) is 0 Å². The summed E-state index contributed by atoms with van der Waals surface area (Å²) in [5, 5.41) is 4.33. The fraction of sp³-hybridized carbons (Fsp3) is 0.667. The summed E-state index contributed by atoms with van der Waals surface area (Å²) < 4.78 is 1.96. The summed E-state index contributed by atoms with van der Waals surface area (Å²) in [5.41, 5.74) is 7.20. The second kappa shape index (κ2) is 4.05. The van der Waals surface area contributed by atoms with Gasteiger partial charge >= 0.3 is 0 Å². The van der Waals surface area contributed by atoms with Crippen LogP contribution in [0.2, 0.25) is 0 Å². The maximum Gasteiger partial charge on any atom is 0.191 e. The molecule has 1 unspecified atom stereocenters. The molecule has 2 N–H and O–H groups in total. The van der Waals surface area contributed by atoms with Gasteiger partial charge in [0.15, 0.2) is 5.96 Å². The van der Waals surface area contributed by atoms with Crippen molar-refractivity contribution in [2.45, 2.75) is 32.4 Å². The molecule has 92 valence electrons. The SMILES string of the molecule is CCn1cc(C2CN=C(N)N2CC2CC2)cn1. The van der Waals surface area contributed by atoms with Gasteiger partial charge in [-0.15, -0.1) is 0 Å². The molecule has 3 rings (SSSR count). The van der Waals surface area contributed by atoms with E-state index in [9.17, 15) is 0 Å². The summed E-state index contributed by atoms with van der Waals surface area (Å²) in [6.45, 7) is 4.83. The largest absolute Gasteiger partial charge is 0.370 e. The highest BCUT2D eigenvalue weighted by atomic mass is 15.3. The van der Waals surface area contributed by atoms with Gasteiger partial charge in [-0.05, 0) is 25.7 Å². The topological polar surface area (TPSA) is 59.4 Å². The van der Waals surface area contributed by atoms with Crippen molar-refractivity contribution < 1.29 is 0 Å². The van der Waals surface area contributed by atoms with E-state index in [-0.39, 0.29) is 0 Å². The van der Waals surface area contributed by atoms with Crippen LogP contribution in [0.4, 0.5) is 0 Å². The zero-order valence-electron chi connectivity index (χ0n) is 10.2. The Morgan fingerprint density at radius 1 is 1.47 bits per heavy atom. The van der Waals surface area contributed by atoms with Gasteiger partial charge in [-0.2, -0.15) is 5.10 Å². The van der Waals surface area contributed by atoms with Crippen LogP contribution in [0.15, 0.2) is 17.4 Å². The van der Waals surface area contributed by atoms with Crippen LogP contribution in [0.1, 0.15) is 31.4 Å². The van der Waals surface area contributed by atoms with Gasteiger partial charge < -0.3 is 10.6 Å². The van der Waals surface area contributed by atoms with E-state index in [1.807, 2.05) is 10.9 Å². The molecule has 1 aliphatic heterocycles. The Morgan fingerprint density at radius 2 is 2.29 bits per heavy atom. The summed E-state index contributed by atoms with van der Waals surface area (Å²) in [6, 6.07) is 0.302. The second-order valence-corrected chi connectivity index (χ2v) is 4.94. The highest BCUT2D eigenvalue weighted by Gasteiger charge is 2.33. The predicted octanol–water partition coefficient (Wildman–Crippen LogP) is 0.984. The number of nitrogens with two attached hydrogens (primary N) is 1. The molecule has 1 aromatic rings. The lowest BCUT2D eigenvalue weighted by Crippen LogP contribution is -2.37. The Labute approximate surface area is 101 Å². The maximum atomic E-state index is 5.97. The first-order valence-electron chi connectivity index (χ1n) is 6.37. The van der Waals surface area contributed by atoms with E-state index in [0.29, 0.717) is 12.0 Å². The van der Waals surface area contributed by atoms with Crippen LogP contribution in [0.3, 0.4) is 0 Å². The number of aliphatic imine (C=N–C) groups is 1. The molecule has 0 radical (unpaired) electrons. The van der Waals surface area contributed by atoms with E-state index in [0.717, 1.165) is 25.6 Å². The molecule has 1 saturated carbocycles. The molecule has 1 aliphatic carbocycles. The van der Waals surface area contributed by atoms with Crippen molar-refractivity contribution in [2.24, 2.45) is 16.6 Å². The van der Waals surface area contributed by atoms with Gasteiger partial charge in [0, 0.05) is 24.8 Å². The van der Waals surface area contributed by atoms with Crippen molar-refractivity contribution in [3.05, 3.63) is 18.0 Å². The highest BCUT2D eigenvalue weighted by molar-refractivity contribution is 5.80. The first kappa shape index (κ1) is 10.6. The van der Waals surface area contributed by atoms with E-state index < -0.39 is 0 Å². The van der Waals surface area contributed by atoms with Gasteiger partial charge in [0.05, 0.1) is 18.8 Å². The Hall–Kier alpha value is -1.52. The molecule has 0 amide bonds. The zero-order chi connectivity index (χ0) is 11.8. The van der Waals surface area contributed by atoms with Crippen LogP contribution in [0, 0.1) is 5.92 Å². The van der Waals surface area contributed by atoms with Crippen LogP contribution in [-0.4, -0.2) is 33.7 Å². The van der Waals surface area contributed by atoms with Crippen molar-refractivity contribution >= 4 is 5.96 Å². The third-order valence-electron chi connectivity index (χ3n) is 3.61. The van der Waals surface area contributed by atoms with Gasteiger partial charge in [0.2, 0.25) is 0 Å². The number of hydrogen-bond donors (Lipinski definition) is 1.